The molecule has 1 aliphatic heterocycles. The van der Waals surface area contributed by atoms with Gasteiger partial charge in [-0.05, 0) is 23.5 Å². The Bertz CT molecular complexity index is 544. The molecule has 1 unspecified atom stereocenters. The van der Waals surface area contributed by atoms with Crippen molar-refractivity contribution < 1.29 is 17.5 Å². The number of rotatable bonds is 5. The Hall–Kier alpha value is -0.980. The molecule has 0 amide bonds. The zero-order valence-electron chi connectivity index (χ0n) is 11.5. The van der Waals surface area contributed by atoms with Crippen LogP contribution in [0.1, 0.15) is 29.6 Å². The van der Waals surface area contributed by atoms with E-state index in [4.69, 9.17) is 10.5 Å². The number of hydrogen-bond donors (Lipinski definition) is 1. The summed E-state index contributed by atoms with van der Waals surface area (Å²) in [5, 5.41) is 0. The monoisotopic (exact) mass is 301 g/mol. The largest absolute Gasteiger partial charge is 0.375 e. The van der Waals surface area contributed by atoms with Crippen LogP contribution < -0.4 is 5.73 Å². The minimum atomic E-state index is -2.89. The predicted octanol–water partition coefficient (Wildman–Crippen LogP) is 1.57. The van der Waals surface area contributed by atoms with Gasteiger partial charge in [-0.25, -0.2) is 12.8 Å². The molecule has 1 aromatic rings. The lowest BCUT2D eigenvalue weighted by Gasteiger charge is -2.21. The van der Waals surface area contributed by atoms with Crippen LogP contribution in [0.5, 0.6) is 0 Å². The summed E-state index contributed by atoms with van der Waals surface area (Å²) in [5.74, 6) is 0.529. The second-order valence-electron chi connectivity index (χ2n) is 5.24. The number of benzene rings is 1. The van der Waals surface area contributed by atoms with Crippen LogP contribution in [-0.4, -0.2) is 39.7 Å². The molecule has 6 heteroatoms. The van der Waals surface area contributed by atoms with Gasteiger partial charge in [0.05, 0.1) is 23.7 Å². The van der Waals surface area contributed by atoms with Crippen LogP contribution in [0, 0.1) is 0 Å². The summed E-state index contributed by atoms with van der Waals surface area (Å²) in [6.07, 6.45) is 0.181. The zero-order valence-corrected chi connectivity index (χ0v) is 12.3. The molecule has 112 valence electrons. The van der Waals surface area contributed by atoms with Gasteiger partial charge in [-0.15, -0.1) is 0 Å². The molecule has 0 aromatic heterocycles. The van der Waals surface area contributed by atoms with Gasteiger partial charge in [-0.2, -0.15) is 0 Å². The average molecular weight is 301 g/mol. The van der Waals surface area contributed by atoms with Crippen molar-refractivity contribution in [3.8, 4) is 0 Å². The Morgan fingerprint density at radius 1 is 1.40 bits per heavy atom. The third-order valence-corrected chi connectivity index (χ3v) is 5.56. The number of alkyl halides is 1. The van der Waals surface area contributed by atoms with Crippen molar-refractivity contribution in [3.05, 3.63) is 35.4 Å². The molecule has 1 saturated heterocycles. The van der Waals surface area contributed by atoms with E-state index in [1.54, 1.807) is 0 Å². The van der Waals surface area contributed by atoms with Gasteiger partial charge in [0.15, 0.2) is 9.84 Å². The van der Waals surface area contributed by atoms with Crippen molar-refractivity contribution in [2.75, 3.05) is 25.3 Å². The molecule has 1 heterocycles. The van der Waals surface area contributed by atoms with Gasteiger partial charge in [-0.3, -0.25) is 0 Å². The van der Waals surface area contributed by atoms with Crippen LogP contribution in [0.4, 0.5) is 4.39 Å². The minimum Gasteiger partial charge on any atom is -0.375 e. The van der Waals surface area contributed by atoms with E-state index >= 15 is 0 Å². The SMILES string of the molecule is CO[C@H](c1ccc(C2CCS(=O)(=O)C2)cc1)[C@H](N)CF. The first-order valence-electron chi connectivity index (χ1n) is 6.61. The van der Waals surface area contributed by atoms with Gasteiger partial charge in [0.2, 0.25) is 0 Å². The highest BCUT2D eigenvalue weighted by molar-refractivity contribution is 7.91. The van der Waals surface area contributed by atoms with Crippen LogP contribution in [0.15, 0.2) is 24.3 Å². The molecule has 1 fully saturated rings. The van der Waals surface area contributed by atoms with E-state index in [0.29, 0.717) is 6.42 Å². The first kappa shape index (κ1) is 15.4. The van der Waals surface area contributed by atoms with Gasteiger partial charge >= 0.3 is 0 Å². The second-order valence-corrected chi connectivity index (χ2v) is 7.47. The number of hydrogen-bond acceptors (Lipinski definition) is 4. The lowest BCUT2D eigenvalue weighted by atomic mass is 9.95. The summed E-state index contributed by atoms with van der Waals surface area (Å²) >= 11 is 0. The Balaban J connectivity index is 2.14. The fraction of sp³-hybridized carbons (Fsp3) is 0.571. The lowest BCUT2D eigenvalue weighted by Crippen LogP contribution is -2.31. The van der Waals surface area contributed by atoms with E-state index in [2.05, 4.69) is 0 Å². The minimum absolute atomic E-state index is 0.0601. The van der Waals surface area contributed by atoms with Crippen LogP contribution in [-0.2, 0) is 14.6 Å². The number of sulfone groups is 1. The van der Waals surface area contributed by atoms with Crippen molar-refractivity contribution >= 4 is 9.84 Å². The Morgan fingerprint density at radius 3 is 2.50 bits per heavy atom. The fourth-order valence-corrected chi connectivity index (χ4v) is 4.44. The molecule has 0 aliphatic carbocycles. The molecule has 0 radical (unpaired) electrons. The maximum Gasteiger partial charge on any atom is 0.150 e. The van der Waals surface area contributed by atoms with Crippen LogP contribution in [0.2, 0.25) is 0 Å². The number of nitrogens with two attached hydrogens (primary N) is 1. The molecule has 1 aliphatic rings. The van der Waals surface area contributed by atoms with E-state index in [-0.39, 0.29) is 17.4 Å². The number of ether oxygens (including phenoxy) is 1. The Morgan fingerprint density at radius 2 is 2.05 bits per heavy atom. The van der Waals surface area contributed by atoms with Gasteiger partial charge in [0.25, 0.3) is 0 Å². The van der Waals surface area contributed by atoms with E-state index in [1.165, 1.54) is 7.11 Å². The quantitative estimate of drug-likeness (QED) is 0.896. The molecule has 0 saturated carbocycles. The molecule has 2 rings (SSSR count). The molecular formula is C14H20FNO3S. The fourth-order valence-electron chi connectivity index (χ4n) is 2.65. The van der Waals surface area contributed by atoms with E-state index in [0.717, 1.165) is 11.1 Å². The number of methoxy groups -OCH3 is 1. The standard InChI is InChI=1S/C14H20FNO3S/c1-19-14(13(16)8-15)11-4-2-10(3-5-11)12-6-7-20(17,18)9-12/h2-5,12-14H,6-9,16H2,1H3/t12?,13-,14-/m1/s1. The van der Waals surface area contributed by atoms with Crippen molar-refractivity contribution in [1.29, 1.82) is 0 Å². The average Bonchev–Trinajstić information content (AvgIpc) is 2.80. The number of halogens is 1. The smallest absolute Gasteiger partial charge is 0.150 e. The topological polar surface area (TPSA) is 69.4 Å². The van der Waals surface area contributed by atoms with Gasteiger partial charge < -0.3 is 10.5 Å². The molecule has 4 nitrogen and oxygen atoms in total. The summed E-state index contributed by atoms with van der Waals surface area (Å²) < 4.78 is 40.8. The Kier molecular flexibility index (Phi) is 4.78. The summed E-state index contributed by atoms with van der Waals surface area (Å²) in [4.78, 5) is 0. The van der Waals surface area contributed by atoms with E-state index in [1.807, 2.05) is 24.3 Å². The highest BCUT2D eigenvalue weighted by Gasteiger charge is 2.29. The molecule has 1 aromatic carbocycles. The molecular weight excluding hydrogens is 281 g/mol. The Labute approximate surface area is 119 Å². The van der Waals surface area contributed by atoms with Gasteiger partial charge in [-0.1, -0.05) is 24.3 Å². The van der Waals surface area contributed by atoms with Crippen LogP contribution in [0.25, 0.3) is 0 Å². The van der Waals surface area contributed by atoms with Crippen LogP contribution >= 0.6 is 0 Å². The maximum atomic E-state index is 12.6. The predicted molar refractivity (Wildman–Crippen MR) is 76.2 cm³/mol. The van der Waals surface area contributed by atoms with E-state index in [9.17, 15) is 12.8 Å². The third-order valence-electron chi connectivity index (χ3n) is 3.79. The molecule has 0 spiro atoms. The van der Waals surface area contributed by atoms with Crippen molar-refractivity contribution in [1.82, 2.24) is 0 Å². The molecule has 3 atom stereocenters. The molecule has 2 N–H and O–H groups in total. The third kappa shape index (κ3) is 3.37. The summed E-state index contributed by atoms with van der Waals surface area (Å²) in [6, 6.07) is 6.75. The van der Waals surface area contributed by atoms with Crippen LogP contribution in [0.3, 0.4) is 0 Å². The second kappa shape index (κ2) is 6.20. The first-order valence-corrected chi connectivity index (χ1v) is 8.43. The molecule has 0 bridgehead atoms. The summed E-state index contributed by atoms with van der Waals surface area (Å²) in [7, 11) is -1.39. The maximum absolute atomic E-state index is 12.6. The van der Waals surface area contributed by atoms with Gasteiger partial charge in [0.1, 0.15) is 6.67 Å². The zero-order chi connectivity index (χ0) is 14.8. The highest BCUT2D eigenvalue weighted by Crippen LogP contribution is 2.30. The van der Waals surface area contributed by atoms with Crippen molar-refractivity contribution in [2.24, 2.45) is 5.73 Å². The lowest BCUT2D eigenvalue weighted by molar-refractivity contribution is 0.0720. The molecule has 20 heavy (non-hydrogen) atoms. The first-order chi connectivity index (χ1) is 9.46. The van der Waals surface area contributed by atoms with Crippen molar-refractivity contribution in [2.45, 2.75) is 24.5 Å². The summed E-state index contributed by atoms with van der Waals surface area (Å²) in [6.45, 7) is -0.652. The normalized spacial score (nSPS) is 24.4. The van der Waals surface area contributed by atoms with E-state index < -0.39 is 28.7 Å². The van der Waals surface area contributed by atoms with Crippen molar-refractivity contribution in [3.63, 3.8) is 0 Å². The summed E-state index contributed by atoms with van der Waals surface area (Å²) in [5.41, 5.74) is 7.48. The van der Waals surface area contributed by atoms with Gasteiger partial charge in [0, 0.05) is 7.11 Å². The highest BCUT2D eigenvalue weighted by atomic mass is 32.2.